The number of likely N-dealkylation sites (tertiary alicyclic amines) is 1. The summed E-state index contributed by atoms with van der Waals surface area (Å²) in [6.07, 6.45) is 2.30. The fourth-order valence-corrected chi connectivity index (χ4v) is 4.60. The van der Waals surface area contributed by atoms with E-state index in [1.54, 1.807) is 0 Å². The summed E-state index contributed by atoms with van der Waals surface area (Å²) in [5, 5.41) is 0. The molecule has 0 aromatic heterocycles. The third-order valence-electron chi connectivity index (χ3n) is 4.80. The Hall–Kier alpha value is -1.76. The highest BCUT2D eigenvalue weighted by Gasteiger charge is 2.21. The van der Waals surface area contributed by atoms with Gasteiger partial charge in [-0.15, -0.1) is 0 Å². The van der Waals surface area contributed by atoms with Gasteiger partial charge >= 0.3 is 0 Å². The van der Waals surface area contributed by atoms with Gasteiger partial charge in [0.25, 0.3) is 0 Å². The van der Waals surface area contributed by atoms with E-state index in [0.717, 1.165) is 19.5 Å². The SMILES string of the molecule is O=S(=O)(Cc1ccc(F)cc1)NCCN1CCCC(c2ccccc2)C1. The highest BCUT2D eigenvalue weighted by Crippen LogP contribution is 2.26. The number of rotatable bonds is 7. The molecular weight excluding hydrogens is 351 g/mol. The molecule has 0 radical (unpaired) electrons. The third kappa shape index (κ3) is 5.62. The molecule has 26 heavy (non-hydrogen) atoms. The van der Waals surface area contributed by atoms with E-state index in [2.05, 4.69) is 33.9 Å². The Morgan fingerprint density at radius 2 is 1.81 bits per heavy atom. The normalized spacial score (nSPS) is 18.7. The summed E-state index contributed by atoms with van der Waals surface area (Å²) >= 11 is 0. The van der Waals surface area contributed by atoms with Crippen molar-refractivity contribution in [3.63, 3.8) is 0 Å². The minimum absolute atomic E-state index is 0.125. The van der Waals surface area contributed by atoms with E-state index < -0.39 is 10.0 Å². The second-order valence-corrected chi connectivity index (χ2v) is 8.64. The molecular formula is C20H25FN2O2S. The third-order valence-corrected chi connectivity index (χ3v) is 6.15. The van der Waals surface area contributed by atoms with Crippen LogP contribution in [0.15, 0.2) is 54.6 Å². The first-order valence-electron chi connectivity index (χ1n) is 9.01. The Balaban J connectivity index is 1.47. The molecule has 140 valence electrons. The standard InChI is InChI=1S/C20H25FN2O2S/c21-20-10-8-17(9-11-20)16-26(24,25)22-12-14-23-13-4-7-19(15-23)18-5-2-1-3-6-18/h1-3,5-6,8-11,19,22H,4,7,12-16H2. The van der Waals surface area contributed by atoms with Crippen molar-refractivity contribution in [2.45, 2.75) is 24.5 Å². The summed E-state index contributed by atoms with van der Waals surface area (Å²) in [7, 11) is -3.41. The maximum atomic E-state index is 12.9. The Bertz CT molecular complexity index is 794. The zero-order chi connectivity index (χ0) is 18.4. The van der Waals surface area contributed by atoms with Gasteiger partial charge in [-0.05, 0) is 48.6 Å². The molecule has 1 unspecified atom stereocenters. The number of nitrogens with one attached hydrogen (secondary N) is 1. The number of piperidine rings is 1. The minimum Gasteiger partial charge on any atom is -0.301 e. The van der Waals surface area contributed by atoms with Crippen LogP contribution in [0.5, 0.6) is 0 Å². The van der Waals surface area contributed by atoms with Crippen molar-refractivity contribution < 1.29 is 12.8 Å². The fraction of sp³-hybridized carbons (Fsp3) is 0.400. The summed E-state index contributed by atoms with van der Waals surface area (Å²) in [6.45, 7) is 3.06. The highest BCUT2D eigenvalue weighted by molar-refractivity contribution is 7.88. The number of hydrogen-bond donors (Lipinski definition) is 1. The maximum Gasteiger partial charge on any atom is 0.215 e. The van der Waals surface area contributed by atoms with Crippen LogP contribution in [0.3, 0.4) is 0 Å². The predicted molar refractivity (Wildman–Crippen MR) is 102 cm³/mol. The molecule has 1 heterocycles. The van der Waals surface area contributed by atoms with Crippen molar-refractivity contribution >= 4 is 10.0 Å². The number of hydrogen-bond acceptors (Lipinski definition) is 3. The molecule has 0 amide bonds. The molecule has 1 saturated heterocycles. The van der Waals surface area contributed by atoms with Crippen molar-refractivity contribution in [3.05, 3.63) is 71.5 Å². The lowest BCUT2D eigenvalue weighted by Gasteiger charge is -2.33. The molecule has 1 fully saturated rings. The van der Waals surface area contributed by atoms with Crippen LogP contribution in [0, 0.1) is 5.82 Å². The van der Waals surface area contributed by atoms with Gasteiger partial charge in [-0.25, -0.2) is 17.5 Å². The van der Waals surface area contributed by atoms with Crippen molar-refractivity contribution in [3.8, 4) is 0 Å². The van der Waals surface area contributed by atoms with E-state index in [4.69, 9.17) is 0 Å². The van der Waals surface area contributed by atoms with Crippen LogP contribution in [0.1, 0.15) is 29.9 Å². The van der Waals surface area contributed by atoms with Gasteiger partial charge in [0, 0.05) is 19.6 Å². The van der Waals surface area contributed by atoms with E-state index in [9.17, 15) is 12.8 Å². The number of halogens is 1. The van der Waals surface area contributed by atoms with Crippen LogP contribution < -0.4 is 4.72 Å². The zero-order valence-electron chi connectivity index (χ0n) is 14.8. The number of benzene rings is 2. The summed E-state index contributed by atoms with van der Waals surface area (Å²) in [6, 6.07) is 16.1. The van der Waals surface area contributed by atoms with Crippen molar-refractivity contribution in [1.82, 2.24) is 9.62 Å². The quantitative estimate of drug-likeness (QED) is 0.808. The lowest BCUT2D eigenvalue weighted by Crippen LogP contribution is -2.40. The van der Waals surface area contributed by atoms with Gasteiger partial charge in [0.1, 0.15) is 5.82 Å². The topological polar surface area (TPSA) is 49.4 Å². The van der Waals surface area contributed by atoms with Gasteiger partial charge in [-0.3, -0.25) is 0 Å². The van der Waals surface area contributed by atoms with Crippen molar-refractivity contribution in [1.29, 1.82) is 0 Å². The highest BCUT2D eigenvalue weighted by atomic mass is 32.2. The summed E-state index contributed by atoms with van der Waals surface area (Å²) < 4.78 is 40.0. The van der Waals surface area contributed by atoms with E-state index >= 15 is 0 Å². The summed E-state index contributed by atoms with van der Waals surface area (Å²) in [4.78, 5) is 2.32. The van der Waals surface area contributed by atoms with Crippen LogP contribution >= 0.6 is 0 Å². The molecule has 0 aliphatic carbocycles. The zero-order valence-corrected chi connectivity index (χ0v) is 15.6. The molecule has 1 N–H and O–H groups in total. The summed E-state index contributed by atoms with van der Waals surface area (Å²) in [5.41, 5.74) is 1.94. The van der Waals surface area contributed by atoms with E-state index in [1.165, 1.54) is 36.2 Å². The molecule has 4 nitrogen and oxygen atoms in total. The van der Waals surface area contributed by atoms with Crippen LogP contribution in [0.2, 0.25) is 0 Å². The molecule has 6 heteroatoms. The Morgan fingerprint density at radius 1 is 1.08 bits per heavy atom. The molecule has 0 bridgehead atoms. The molecule has 1 aliphatic rings. The van der Waals surface area contributed by atoms with Crippen molar-refractivity contribution in [2.24, 2.45) is 0 Å². The molecule has 1 atom stereocenters. The lowest BCUT2D eigenvalue weighted by atomic mass is 9.91. The van der Waals surface area contributed by atoms with Gasteiger partial charge in [0.05, 0.1) is 5.75 Å². The smallest absolute Gasteiger partial charge is 0.215 e. The fourth-order valence-electron chi connectivity index (χ4n) is 3.47. The largest absolute Gasteiger partial charge is 0.301 e. The van der Waals surface area contributed by atoms with Gasteiger partial charge in [-0.1, -0.05) is 42.5 Å². The average molecular weight is 376 g/mol. The number of nitrogens with zero attached hydrogens (tertiary/aromatic N) is 1. The van der Waals surface area contributed by atoms with Gasteiger partial charge in [0.15, 0.2) is 0 Å². The molecule has 2 aromatic rings. The Morgan fingerprint density at radius 3 is 2.54 bits per heavy atom. The first-order valence-corrected chi connectivity index (χ1v) is 10.7. The summed E-state index contributed by atoms with van der Waals surface area (Å²) in [5.74, 6) is 0.0258. The minimum atomic E-state index is -3.41. The van der Waals surface area contributed by atoms with Gasteiger partial charge in [-0.2, -0.15) is 0 Å². The van der Waals surface area contributed by atoms with Crippen molar-refractivity contribution in [2.75, 3.05) is 26.2 Å². The molecule has 3 rings (SSSR count). The van der Waals surface area contributed by atoms with E-state index in [1.807, 2.05) is 6.07 Å². The van der Waals surface area contributed by atoms with Crippen LogP contribution in [0.4, 0.5) is 4.39 Å². The first kappa shape index (κ1) is 19.0. The van der Waals surface area contributed by atoms with Gasteiger partial charge < -0.3 is 4.90 Å². The van der Waals surface area contributed by atoms with Crippen LogP contribution in [0.25, 0.3) is 0 Å². The molecule has 2 aromatic carbocycles. The van der Waals surface area contributed by atoms with Crippen LogP contribution in [-0.2, 0) is 15.8 Å². The second-order valence-electron chi connectivity index (χ2n) is 6.83. The van der Waals surface area contributed by atoms with E-state index in [-0.39, 0.29) is 11.6 Å². The maximum absolute atomic E-state index is 12.9. The predicted octanol–water partition coefficient (Wildman–Crippen LogP) is 3.12. The van der Waals surface area contributed by atoms with Gasteiger partial charge in [0.2, 0.25) is 10.0 Å². The monoisotopic (exact) mass is 376 g/mol. The molecule has 0 spiro atoms. The number of sulfonamides is 1. The van der Waals surface area contributed by atoms with Crippen LogP contribution in [-0.4, -0.2) is 39.5 Å². The molecule has 0 saturated carbocycles. The molecule has 1 aliphatic heterocycles. The first-order chi connectivity index (χ1) is 12.5. The average Bonchev–Trinajstić information content (AvgIpc) is 2.64. The second kappa shape index (κ2) is 8.75. The Kier molecular flexibility index (Phi) is 6.40. The Labute approximate surface area is 155 Å². The van der Waals surface area contributed by atoms with E-state index in [0.29, 0.717) is 24.6 Å². The lowest BCUT2D eigenvalue weighted by molar-refractivity contribution is 0.211.